The van der Waals surface area contributed by atoms with Crippen LogP contribution in [-0.2, 0) is 17.9 Å². The van der Waals surface area contributed by atoms with Gasteiger partial charge in [0.2, 0.25) is 6.41 Å². The van der Waals surface area contributed by atoms with Crippen molar-refractivity contribution in [3.05, 3.63) is 88.3 Å². The van der Waals surface area contributed by atoms with Gasteiger partial charge < -0.3 is 16.0 Å². The standard InChI is InChI=1S/C23H19FN6O3/c1-14-6-16(3-5-18(14)24)10-26-22(32)20-8-21(29-12-28-20)23(33)27-11-17-4-2-15(9-25)7-19(17)30-13-31/h2-8,12-13H,10-11H2,1H3,(H,26,32)(H,27,33)(H,30,31). The minimum atomic E-state index is -0.554. The zero-order valence-corrected chi connectivity index (χ0v) is 17.6. The first-order valence-corrected chi connectivity index (χ1v) is 9.78. The molecule has 166 valence electrons. The Labute approximate surface area is 188 Å². The number of aromatic nitrogens is 2. The molecule has 2 aromatic carbocycles. The fourth-order valence-electron chi connectivity index (χ4n) is 2.96. The highest BCUT2D eigenvalue weighted by Gasteiger charge is 2.14. The van der Waals surface area contributed by atoms with Crippen LogP contribution in [0.4, 0.5) is 10.1 Å². The molecule has 0 fully saturated rings. The van der Waals surface area contributed by atoms with E-state index in [1.165, 1.54) is 18.2 Å². The van der Waals surface area contributed by atoms with Gasteiger partial charge in [0.05, 0.1) is 11.6 Å². The quantitative estimate of drug-likeness (QED) is 0.454. The highest BCUT2D eigenvalue weighted by atomic mass is 19.1. The molecule has 33 heavy (non-hydrogen) atoms. The largest absolute Gasteiger partial charge is 0.347 e. The van der Waals surface area contributed by atoms with Gasteiger partial charge in [-0.2, -0.15) is 5.26 Å². The second-order valence-corrected chi connectivity index (χ2v) is 6.98. The lowest BCUT2D eigenvalue weighted by atomic mass is 10.1. The van der Waals surface area contributed by atoms with Crippen LogP contribution in [0.1, 0.15) is 43.2 Å². The minimum absolute atomic E-state index is 0.00401. The monoisotopic (exact) mass is 446 g/mol. The van der Waals surface area contributed by atoms with Crippen LogP contribution >= 0.6 is 0 Å². The van der Waals surface area contributed by atoms with E-state index < -0.39 is 11.8 Å². The van der Waals surface area contributed by atoms with Gasteiger partial charge in [-0.25, -0.2) is 14.4 Å². The summed E-state index contributed by atoms with van der Waals surface area (Å²) in [6.45, 7) is 1.85. The lowest BCUT2D eigenvalue weighted by Crippen LogP contribution is -2.27. The van der Waals surface area contributed by atoms with E-state index in [-0.39, 0.29) is 30.3 Å². The molecule has 0 spiro atoms. The molecule has 9 nitrogen and oxygen atoms in total. The number of rotatable bonds is 8. The summed E-state index contributed by atoms with van der Waals surface area (Å²) in [5.41, 5.74) is 2.49. The van der Waals surface area contributed by atoms with Gasteiger partial charge in [-0.05, 0) is 41.8 Å². The molecular formula is C23H19FN6O3. The van der Waals surface area contributed by atoms with Crippen LogP contribution in [0.3, 0.4) is 0 Å². The van der Waals surface area contributed by atoms with Crippen molar-refractivity contribution in [1.82, 2.24) is 20.6 Å². The predicted molar refractivity (Wildman–Crippen MR) is 116 cm³/mol. The topological polar surface area (TPSA) is 137 Å². The fraction of sp³-hybridized carbons (Fsp3) is 0.130. The number of halogens is 1. The fourth-order valence-corrected chi connectivity index (χ4v) is 2.96. The molecular weight excluding hydrogens is 427 g/mol. The Kier molecular flexibility index (Phi) is 7.39. The van der Waals surface area contributed by atoms with Crippen LogP contribution in [0, 0.1) is 24.1 Å². The Morgan fingerprint density at radius 2 is 1.73 bits per heavy atom. The van der Waals surface area contributed by atoms with Crippen molar-refractivity contribution >= 4 is 23.9 Å². The number of aryl methyl sites for hydroxylation is 1. The number of carbonyl (C=O) groups excluding carboxylic acids is 3. The van der Waals surface area contributed by atoms with E-state index in [0.29, 0.717) is 28.8 Å². The molecule has 0 unspecified atom stereocenters. The van der Waals surface area contributed by atoms with Gasteiger partial charge in [0.15, 0.2) is 0 Å². The smallest absolute Gasteiger partial charge is 0.270 e. The summed E-state index contributed by atoms with van der Waals surface area (Å²) >= 11 is 0. The molecule has 3 rings (SSSR count). The number of anilines is 1. The second-order valence-electron chi connectivity index (χ2n) is 6.98. The minimum Gasteiger partial charge on any atom is -0.347 e. The predicted octanol–water partition coefficient (Wildman–Crippen LogP) is 2.22. The number of nitrogens with one attached hydrogen (secondary N) is 3. The molecule has 0 radical (unpaired) electrons. The molecule has 0 saturated heterocycles. The van der Waals surface area contributed by atoms with Gasteiger partial charge in [-0.3, -0.25) is 14.4 Å². The lowest BCUT2D eigenvalue weighted by molar-refractivity contribution is -0.105. The molecule has 1 aromatic heterocycles. The van der Waals surface area contributed by atoms with Crippen molar-refractivity contribution in [3.63, 3.8) is 0 Å². The van der Waals surface area contributed by atoms with Crippen LogP contribution in [0.5, 0.6) is 0 Å². The number of nitrogens with zero attached hydrogens (tertiary/aromatic N) is 3. The zero-order chi connectivity index (χ0) is 23.8. The molecule has 0 saturated carbocycles. The second kappa shape index (κ2) is 10.6. The summed E-state index contributed by atoms with van der Waals surface area (Å²) in [6, 6.07) is 12.4. The van der Waals surface area contributed by atoms with Crippen molar-refractivity contribution in [1.29, 1.82) is 5.26 Å². The first-order valence-electron chi connectivity index (χ1n) is 9.78. The van der Waals surface area contributed by atoms with Gasteiger partial charge in [0, 0.05) is 24.8 Å². The van der Waals surface area contributed by atoms with E-state index in [2.05, 4.69) is 25.9 Å². The Bertz CT molecular complexity index is 1260. The molecule has 3 N–H and O–H groups in total. The van der Waals surface area contributed by atoms with Crippen molar-refractivity contribution < 1.29 is 18.8 Å². The van der Waals surface area contributed by atoms with Gasteiger partial charge in [0.1, 0.15) is 23.5 Å². The number of carbonyl (C=O) groups is 3. The van der Waals surface area contributed by atoms with E-state index in [0.717, 1.165) is 11.9 Å². The Hall–Kier alpha value is -4.65. The molecule has 0 aliphatic carbocycles. The zero-order valence-electron chi connectivity index (χ0n) is 17.6. The average Bonchev–Trinajstić information content (AvgIpc) is 2.83. The summed E-state index contributed by atoms with van der Waals surface area (Å²) in [5, 5.41) is 16.8. The molecule has 0 aliphatic heterocycles. The number of hydrogen-bond acceptors (Lipinski definition) is 6. The molecule has 3 amide bonds. The maximum absolute atomic E-state index is 13.4. The van der Waals surface area contributed by atoms with E-state index >= 15 is 0 Å². The SMILES string of the molecule is Cc1cc(CNC(=O)c2cc(C(=O)NCc3ccc(C#N)cc3NC=O)ncn2)ccc1F. The van der Waals surface area contributed by atoms with Crippen molar-refractivity contribution in [2.24, 2.45) is 0 Å². The highest BCUT2D eigenvalue weighted by Crippen LogP contribution is 2.17. The third kappa shape index (κ3) is 5.95. The average molecular weight is 446 g/mol. The van der Waals surface area contributed by atoms with Gasteiger partial charge in [-0.15, -0.1) is 0 Å². The number of nitriles is 1. The summed E-state index contributed by atoms with van der Waals surface area (Å²) in [7, 11) is 0. The maximum Gasteiger partial charge on any atom is 0.270 e. The summed E-state index contributed by atoms with van der Waals surface area (Å²) in [6.07, 6.45) is 1.58. The number of hydrogen-bond donors (Lipinski definition) is 3. The van der Waals surface area contributed by atoms with Crippen LogP contribution in [-0.4, -0.2) is 28.2 Å². The van der Waals surface area contributed by atoms with Crippen LogP contribution < -0.4 is 16.0 Å². The van der Waals surface area contributed by atoms with Crippen LogP contribution in [0.25, 0.3) is 0 Å². The molecule has 0 bridgehead atoms. The summed E-state index contributed by atoms with van der Waals surface area (Å²) in [4.78, 5) is 43.6. The normalized spacial score (nSPS) is 10.1. The van der Waals surface area contributed by atoms with Crippen molar-refractivity contribution in [2.45, 2.75) is 20.0 Å². The first-order chi connectivity index (χ1) is 15.9. The molecule has 1 heterocycles. The Morgan fingerprint density at radius 3 is 2.36 bits per heavy atom. The highest BCUT2D eigenvalue weighted by molar-refractivity contribution is 5.97. The van der Waals surface area contributed by atoms with Crippen molar-refractivity contribution in [3.8, 4) is 6.07 Å². The van der Waals surface area contributed by atoms with Crippen LogP contribution in [0.2, 0.25) is 0 Å². The molecule has 10 heteroatoms. The third-order valence-corrected chi connectivity index (χ3v) is 4.70. The molecule has 0 atom stereocenters. The molecule has 3 aromatic rings. The maximum atomic E-state index is 13.4. The summed E-state index contributed by atoms with van der Waals surface area (Å²) in [5.74, 6) is -1.40. The first kappa shape index (κ1) is 23.0. The molecule has 0 aliphatic rings. The number of amides is 3. The van der Waals surface area contributed by atoms with E-state index in [4.69, 9.17) is 5.26 Å². The number of benzene rings is 2. The Balaban J connectivity index is 1.64. The third-order valence-electron chi connectivity index (χ3n) is 4.70. The van der Waals surface area contributed by atoms with E-state index in [9.17, 15) is 18.8 Å². The Morgan fingerprint density at radius 1 is 1.03 bits per heavy atom. The lowest BCUT2D eigenvalue weighted by Gasteiger charge is -2.10. The van der Waals surface area contributed by atoms with E-state index in [1.54, 1.807) is 31.2 Å². The van der Waals surface area contributed by atoms with E-state index in [1.807, 2.05) is 6.07 Å². The van der Waals surface area contributed by atoms with Crippen LogP contribution in [0.15, 0.2) is 48.8 Å². The summed E-state index contributed by atoms with van der Waals surface area (Å²) < 4.78 is 13.4. The van der Waals surface area contributed by atoms with Gasteiger partial charge >= 0.3 is 0 Å². The van der Waals surface area contributed by atoms with Gasteiger partial charge in [-0.1, -0.05) is 18.2 Å². The van der Waals surface area contributed by atoms with Gasteiger partial charge in [0.25, 0.3) is 11.8 Å². The van der Waals surface area contributed by atoms with Crippen molar-refractivity contribution in [2.75, 3.05) is 5.32 Å².